The Morgan fingerprint density at radius 1 is 1.23 bits per heavy atom. The first-order chi connectivity index (χ1) is 16.4. The molecule has 0 spiro atoms. The monoisotopic (exact) mass is 513 g/mol. The topological polar surface area (TPSA) is 126 Å². The number of aromatic hydroxyl groups is 1. The third-order valence-electron chi connectivity index (χ3n) is 5.27. The van der Waals surface area contributed by atoms with Crippen LogP contribution in [0.1, 0.15) is 33.6 Å². The summed E-state index contributed by atoms with van der Waals surface area (Å²) in [4.78, 5) is 27.1. The molecular weight excluding hydrogens is 491 g/mol. The van der Waals surface area contributed by atoms with Gasteiger partial charge in [-0.2, -0.15) is 17.5 Å². The number of nitrogens with zero attached hydrogens (tertiary/aromatic N) is 2. The van der Waals surface area contributed by atoms with Gasteiger partial charge in [0.1, 0.15) is 12.3 Å². The highest BCUT2D eigenvalue weighted by atomic mass is 32.2. The number of amides is 1. The zero-order chi connectivity index (χ0) is 25.8. The number of benzene rings is 1. The molecular formula is C22H22F3N3O6S. The Bertz CT molecular complexity index is 1240. The summed E-state index contributed by atoms with van der Waals surface area (Å²) in [5, 5.41) is 12.4. The fraction of sp³-hybridized carbons (Fsp3) is 0.318. The molecule has 3 rings (SSSR count). The number of aromatic nitrogens is 1. The van der Waals surface area contributed by atoms with Crippen LogP contribution in [0.15, 0.2) is 42.6 Å². The number of nitrogens with one attached hydrogen (secondary N) is 1. The van der Waals surface area contributed by atoms with Crippen LogP contribution in [-0.4, -0.2) is 61.4 Å². The van der Waals surface area contributed by atoms with Gasteiger partial charge in [0.25, 0.3) is 5.91 Å². The second-order valence-corrected chi connectivity index (χ2v) is 9.61. The SMILES string of the molecule is COC(=O)CNC(=O)c1ncc(C2=CCN(S(=O)(=O)Cc3ccc(C(F)(F)F)cc3)CC2)cc1O. The minimum atomic E-state index is -4.50. The van der Waals surface area contributed by atoms with Crippen molar-refractivity contribution in [2.24, 2.45) is 0 Å². The second-order valence-electron chi connectivity index (χ2n) is 7.64. The van der Waals surface area contributed by atoms with E-state index < -0.39 is 45.1 Å². The van der Waals surface area contributed by atoms with Crippen molar-refractivity contribution >= 4 is 27.5 Å². The van der Waals surface area contributed by atoms with E-state index in [2.05, 4.69) is 15.0 Å². The maximum absolute atomic E-state index is 12.7. The van der Waals surface area contributed by atoms with E-state index in [1.807, 2.05) is 0 Å². The highest BCUT2D eigenvalue weighted by Crippen LogP contribution is 2.30. The molecule has 0 saturated heterocycles. The van der Waals surface area contributed by atoms with Gasteiger partial charge in [0.05, 0.1) is 18.4 Å². The molecule has 0 bridgehead atoms. The summed E-state index contributed by atoms with van der Waals surface area (Å²) < 4.78 is 69.2. The van der Waals surface area contributed by atoms with E-state index in [9.17, 15) is 36.3 Å². The number of carbonyl (C=O) groups excluding carboxylic acids is 2. The van der Waals surface area contributed by atoms with Crippen LogP contribution >= 0.6 is 0 Å². The van der Waals surface area contributed by atoms with Gasteiger partial charge in [0.15, 0.2) is 5.69 Å². The third-order valence-corrected chi connectivity index (χ3v) is 7.09. The number of hydrogen-bond acceptors (Lipinski definition) is 7. The summed E-state index contributed by atoms with van der Waals surface area (Å²) in [6.45, 7) is -0.239. The van der Waals surface area contributed by atoms with E-state index in [1.54, 1.807) is 6.08 Å². The Morgan fingerprint density at radius 3 is 2.46 bits per heavy atom. The molecule has 2 N–H and O–H groups in total. The number of carbonyl (C=O) groups is 2. The quantitative estimate of drug-likeness (QED) is 0.545. The molecule has 0 fully saturated rings. The highest BCUT2D eigenvalue weighted by Gasteiger charge is 2.31. The molecule has 1 aliphatic rings. The largest absolute Gasteiger partial charge is 0.505 e. The number of sulfonamides is 1. The molecule has 1 aliphatic heterocycles. The number of methoxy groups -OCH3 is 1. The Morgan fingerprint density at radius 2 is 1.91 bits per heavy atom. The van der Waals surface area contributed by atoms with E-state index >= 15 is 0 Å². The van der Waals surface area contributed by atoms with Crippen LogP contribution < -0.4 is 5.32 Å². The summed E-state index contributed by atoms with van der Waals surface area (Å²) in [5.41, 5.74) is 0.299. The van der Waals surface area contributed by atoms with Gasteiger partial charge in [0.2, 0.25) is 10.0 Å². The van der Waals surface area contributed by atoms with Gasteiger partial charge >= 0.3 is 12.1 Å². The number of alkyl halides is 3. The smallest absolute Gasteiger partial charge is 0.416 e. The molecule has 1 amide bonds. The van der Waals surface area contributed by atoms with Crippen molar-refractivity contribution in [1.82, 2.24) is 14.6 Å². The van der Waals surface area contributed by atoms with Crippen molar-refractivity contribution in [2.45, 2.75) is 18.3 Å². The average Bonchev–Trinajstić information content (AvgIpc) is 2.81. The predicted octanol–water partition coefficient (Wildman–Crippen LogP) is 2.33. The first kappa shape index (κ1) is 26.2. The van der Waals surface area contributed by atoms with Crippen molar-refractivity contribution in [3.63, 3.8) is 0 Å². The van der Waals surface area contributed by atoms with Crippen LogP contribution in [-0.2, 0) is 31.5 Å². The van der Waals surface area contributed by atoms with Crippen LogP contribution in [0, 0.1) is 0 Å². The Labute approximate surface area is 199 Å². The second kappa shape index (κ2) is 10.4. The maximum Gasteiger partial charge on any atom is 0.416 e. The number of rotatable bonds is 7. The first-order valence-electron chi connectivity index (χ1n) is 10.3. The minimum absolute atomic E-state index is 0.0282. The number of esters is 1. The number of halogens is 3. The molecule has 0 radical (unpaired) electrons. The molecule has 2 heterocycles. The van der Waals surface area contributed by atoms with Crippen molar-refractivity contribution in [3.8, 4) is 5.75 Å². The van der Waals surface area contributed by atoms with E-state index in [-0.39, 0.29) is 30.9 Å². The van der Waals surface area contributed by atoms with Gasteiger partial charge in [-0.1, -0.05) is 18.2 Å². The summed E-state index contributed by atoms with van der Waals surface area (Å²) in [5.74, 6) is -2.29. The van der Waals surface area contributed by atoms with Crippen molar-refractivity contribution in [3.05, 3.63) is 65.0 Å². The van der Waals surface area contributed by atoms with Gasteiger partial charge in [0, 0.05) is 19.3 Å². The Hall–Kier alpha value is -3.45. The lowest BCUT2D eigenvalue weighted by Crippen LogP contribution is -2.35. The molecule has 9 nitrogen and oxygen atoms in total. The van der Waals surface area contributed by atoms with Gasteiger partial charge in [-0.3, -0.25) is 9.59 Å². The van der Waals surface area contributed by atoms with Gasteiger partial charge < -0.3 is 15.2 Å². The molecule has 1 aromatic carbocycles. The van der Waals surface area contributed by atoms with Crippen molar-refractivity contribution in [2.75, 3.05) is 26.7 Å². The number of pyridine rings is 1. The maximum atomic E-state index is 12.7. The molecule has 1 aromatic heterocycles. The van der Waals surface area contributed by atoms with Crippen LogP contribution in [0.3, 0.4) is 0 Å². The van der Waals surface area contributed by atoms with Gasteiger partial charge in [-0.05, 0) is 41.3 Å². The Balaban J connectivity index is 1.65. The molecule has 35 heavy (non-hydrogen) atoms. The summed E-state index contributed by atoms with van der Waals surface area (Å²) in [6.07, 6.45) is -1.21. The third kappa shape index (κ3) is 6.57. The molecule has 188 valence electrons. The Kier molecular flexibility index (Phi) is 7.80. The van der Waals surface area contributed by atoms with Crippen LogP contribution in [0.4, 0.5) is 13.2 Å². The molecule has 2 aromatic rings. The average molecular weight is 513 g/mol. The minimum Gasteiger partial charge on any atom is -0.505 e. The summed E-state index contributed by atoms with van der Waals surface area (Å²) in [6, 6.07) is 5.29. The predicted molar refractivity (Wildman–Crippen MR) is 118 cm³/mol. The highest BCUT2D eigenvalue weighted by molar-refractivity contribution is 7.88. The lowest BCUT2D eigenvalue weighted by molar-refractivity contribution is -0.139. The molecule has 0 atom stereocenters. The molecule has 0 unspecified atom stereocenters. The van der Waals surface area contributed by atoms with Gasteiger partial charge in [-0.15, -0.1) is 0 Å². The summed E-state index contributed by atoms with van der Waals surface area (Å²) in [7, 11) is -2.62. The standard InChI is InChI=1S/C22H22F3N3O6S/c1-34-19(30)12-27-21(31)20-18(29)10-16(11-26-20)15-6-8-28(9-7-15)35(32,33)13-14-2-4-17(5-3-14)22(23,24)25/h2-6,10-11,29H,7-9,12-13H2,1H3,(H,27,31). The van der Waals surface area contributed by atoms with Crippen molar-refractivity contribution in [1.29, 1.82) is 0 Å². The fourth-order valence-electron chi connectivity index (χ4n) is 3.37. The molecule has 13 heteroatoms. The van der Waals surface area contributed by atoms with Gasteiger partial charge in [-0.25, -0.2) is 13.4 Å². The molecule has 0 aliphatic carbocycles. The lowest BCUT2D eigenvalue weighted by Gasteiger charge is -2.26. The van der Waals surface area contributed by atoms with Crippen LogP contribution in [0.5, 0.6) is 5.75 Å². The van der Waals surface area contributed by atoms with E-state index in [1.165, 1.54) is 16.6 Å². The molecule has 0 saturated carbocycles. The summed E-state index contributed by atoms with van der Waals surface area (Å²) >= 11 is 0. The normalized spacial score (nSPS) is 14.8. The zero-order valence-electron chi connectivity index (χ0n) is 18.5. The first-order valence-corrected chi connectivity index (χ1v) is 11.9. The van der Waals surface area contributed by atoms with Crippen molar-refractivity contribution < 1.29 is 41.0 Å². The van der Waals surface area contributed by atoms with Crippen LogP contribution in [0.2, 0.25) is 0 Å². The number of ether oxygens (including phenoxy) is 1. The number of hydrogen-bond donors (Lipinski definition) is 2. The van der Waals surface area contributed by atoms with Crippen LogP contribution in [0.25, 0.3) is 5.57 Å². The van der Waals surface area contributed by atoms with E-state index in [0.29, 0.717) is 17.6 Å². The van der Waals surface area contributed by atoms with E-state index in [4.69, 9.17) is 0 Å². The fourth-order valence-corrected chi connectivity index (χ4v) is 4.84. The van der Waals surface area contributed by atoms with E-state index in [0.717, 1.165) is 31.4 Å². The zero-order valence-corrected chi connectivity index (χ0v) is 19.3. The lowest BCUT2D eigenvalue weighted by atomic mass is 10.0.